The van der Waals surface area contributed by atoms with Crippen LogP contribution in [-0.4, -0.2) is 29.6 Å². The number of halogens is 3. The van der Waals surface area contributed by atoms with E-state index in [1.807, 2.05) is 12.1 Å². The highest BCUT2D eigenvalue weighted by atomic mass is 19.4. The summed E-state index contributed by atoms with van der Waals surface area (Å²) in [6.07, 6.45) is -1.65. The Labute approximate surface area is 224 Å². The molecule has 0 spiro atoms. The van der Waals surface area contributed by atoms with Gasteiger partial charge in [0.1, 0.15) is 0 Å². The third-order valence-electron chi connectivity index (χ3n) is 6.01. The average molecular weight is 542 g/mol. The van der Waals surface area contributed by atoms with Crippen LogP contribution in [-0.2, 0) is 17.4 Å². The Morgan fingerprint density at radius 1 is 0.872 bits per heavy atom. The molecule has 4 N–H and O–H groups in total. The topological polar surface area (TPSA) is 108 Å². The Balaban J connectivity index is 1.79. The van der Waals surface area contributed by atoms with Crippen molar-refractivity contribution in [2.75, 3.05) is 11.9 Å². The molecule has 0 radical (unpaired) electrons. The Hall–Kier alpha value is -4.34. The molecule has 0 aliphatic rings. The summed E-state index contributed by atoms with van der Waals surface area (Å²) < 4.78 is 39.3. The van der Waals surface area contributed by atoms with Gasteiger partial charge >= 0.3 is 18.2 Å². The standard InChI is InChI=1S/C29H30F3N3O4/c1-2-3-4-19-5-15-24(16-6-19)34-28(39)35-26(21-11-13-23(14-12-21)29(30,31)32)20-7-9-22(10-8-20)27(38)33-18-17-25(36)37/h5-16,26H,2-4,17-18H2,1H3,(H,33,38)(H,36,37)(H2,34,35,39). The Bertz CT molecular complexity index is 1260. The zero-order valence-corrected chi connectivity index (χ0v) is 21.3. The molecule has 10 heteroatoms. The number of unbranched alkanes of at least 4 members (excludes halogenated alkanes) is 1. The summed E-state index contributed by atoms with van der Waals surface area (Å²) in [5, 5.41) is 16.8. The van der Waals surface area contributed by atoms with Crippen LogP contribution in [0.4, 0.5) is 23.7 Å². The van der Waals surface area contributed by atoms with Crippen LogP contribution in [0.2, 0.25) is 0 Å². The lowest BCUT2D eigenvalue weighted by Crippen LogP contribution is -2.33. The number of aryl methyl sites for hydroxylation is 1. The van der Waals surface area contributed by atoms with Crippen LogP contribution in [0.3, 0.4) is 0 Å². The number of hydrogen-bond donors (Lipinski definition) is 4. The van der Waals surface area contributed by atoms with Crippen LogP contribution in [0.1, 0.15) is 64.8 Å². The molecule has 0 saturated heterocycles. The van der Waals surface area contributed by atoms with Crippen molar-refractivity contribution < 1.29 is 32.7 Å². The van der Waals surface area contributed by atoms with E-state index < -0.39 is 35.7 Å². The van der Waals surface area contributed by atoms with E-state index in [0.29, 0.717) is 16.8 Å². The lowest BCUT2D eigenvalue weighted by atomic mass is 9.96. The molecule has 0 fully saturated rings. The van der Waals surface area contributed by atoms with E-state index in [1.165, 1.54) is 24.3 Å². The third-order valence-corrected chi connectivity index (χ3v) is 6.01. The van der Waals surface area contributed by atoms with Gasteiger partial charge in [-0.05, 0) is 65.9 Å². The van der Waals surface area contributed by atoms with E-state index in [1.54, 1.807) is 24.3 Å². The van der Waals surface area contributed by atoms with Crippen molar-refractivity contribution in [3.05, 3.63) is 101 Å². The molecule has 3 aromatic rings. The fraction of sp³-hybridized carbons (Fsp3) is 0.276. The SMILES string of the molecule is CCCCc1ccc(NC(=O)NC(c2ccc(C(=O)NCCC(=O)O)cc2)c2ccc(C(F)(F)F)cc2)cc1. The maximum Gasteiger partial charge on any atom is 0.416 e. The average Bonchev–Trinajstić information content (AvgIpc) is 2.91. The second-order valence-electron chi connectivity index (χ2n) is 8.97. The second-order valence-corrected chi connectivity index (χ2v) is 8.97. The first-order valence-electron chi connectivity index (χ1n) is 12.5. The van der Waals surface area contributed by atoms with Crippen molar-refractivity contribution in [2.45, 2.75) is 44.8 Å². The number of urea groups is 1. The molecule has 0 aliphatic carbocycles. The van der Waals surface area contributed by atoms with Crippen molar-refractivity contribution in [3.8, 4) is 0 Å². The van der Waals surface area contributed by atoms with Gasteiger partial charge in [0, 0.05) is 17.8 Å². The Morgan fingerprint density at radius 3 is 2.00 bits per heavy atom. The Kier molecular flexibility index (Phi) is 10.1. The normalized spacial score (nSPS) is 11.9. The molecular formula is C29H30F3N3O4. The molecule has 3 rings (SSSR count). The van der Waals surface area contributed by atoms with Crippen molar-refractivity contribution in [3.63, 3.8) is 0 Å². The van der Waals surface area contributed by atoms with Crippen LogP contribution in [0.25, 0.3) is 0 Å². The number of anilines is 1. The number of carbonyl (C=O) groups excluding carboxylic acids is 2. The van der Waals surface area contributed by atoms with Gasteiger partial charge in [-0.1, -0.05) is 49.7 Å². The molecule has 0 aliphatic heterocycles. The summed E-state index contributed by atoms with van der Waals surface area (Å²) >= 11 is 0. The number of amides is 3. The molecule has 7 nitrogen and oxygen atoms in total. The fourth-order valence-corrected chi connectivity index (χ4v) is 3.87. The van der Waals surface area contributed by atoms with Gasteiger partial charge in [-0.15, -0.1) is 0 Å². The predicted octanol–water partition coefficient (Wildman–Crippen LogP) is 6.16. The number of nitrogens with one attached hydrogen (secondary N) is 3. The number of aliphatic carboxylic acids is 1. The maximum atomic E-state index is 13.1. The lowest BCUT2D eigenvalue weighted by molar-refractivity contribution is -0.138. The summed E-state index contributed by atoms with van der Waals surface area (Å²) in [5.41, 5.74) is 2.10. The van der Waals surface area contributed by atoms with E-state index in [2.05, 4.69) is 22.9 Å². The van der Waals surface area contributed by atoms with Gasteiger partial charge in [-0.3, -0.25) is 9.59 Å². The number of alkyl halides is 3. The molecule has 1 unspecified atom stereocenters. The van der Waals surface area contributed by atoms with Crippen LogP contribution in [0, 0.1) is 0 Å². The van der Waals surface area contributed by atoms with Gasteiger partial charge in [0.2, 0.25) is 0 Å². The summed E-state index contributed by atoms with van der Waals surface area (Å²) in [6, 6.07) is 16.7. The zero-order chi connectivity index (χ0) is 28.4. The molecule has 0 bridgehead atoms. The molecule has 0 heterocycles. The van der Waals surface area contributed by atoms with Crippen LogP contribution in [0.15, 0.2) is 72.8 Å². The first-order chi connectivity index (χ1) is 18.6. The van der Waals surface area contributed by atoms with E-state index in [4.69, 9.17) is 5.11 Å². The summed E-state index contributed by atoms with van der Waals surface area (Å²) in [5.74, 6) is -1.51. The van der Waals surface area contributed by atoms with Gasteiger partial charge < -0.3 is 21.1 Å². The van der Waals surface area contributed by atoms with Crippen molar-refractivity contribution in [1.82, 2.24) is 10.6 Å². The molecule has 3 amide bonds. The quantitative estimate of drug-likeness (QED) is 0.233. The first kappa shape index (κ1) is 29.2. The minimum atomic E-state index is -4.50. The Morgan fingerprint density at radius 2 is 1.46 bits per heavy atom. The maximum absolute atomic E-state index is 13.1. The van der Waals surface area contributed by atoms with E-state index in [-0.39, 0.29) is 18.5 Å². The van der Waals surface area contributed by atoms with E-state index in [9.17, 15) is 27.6 Å². The van der Waals surface area contributed by atoms with Crippen molar-refractivity contribution >= 4 is 23.6 Å². The molecule has 39 heavy (non-hydrogen) atoms. The van der Waals surface area contributed by atoms with Gasteiger partial charge in [-0.25, -0.2) is 4.79 Å². The highest BCUT2D eigenvalue weighted by Crippen LogP contribution is 2.31. The second kappa shape index (κ2) is 13.5. The number of benzene rings is 3. The fourth-order valence-electron chi connectivity index (χ4n) is 3.87. The van der Waals surface area contributed by atoms with Gasteiger partial charge in [0.05, 0.1) is 18.0 Å². The molecule has 0 aromatic heterocycles. The smallest absolute Gasteiger partial charge is 0.416 e. The van der Waals surface area contributed by atoms with Gasteiger partial charge in [0.25, 0.3) is 5.91 Å². The van der Waals surface area contributed by atoms with Gasteiger partial charge in [0.15, 0.2) is 0 Å². The minimum Gasteiger partial charge on any atom is -0.481 e. The van der Waals surface area contributed by atoms with Gasteiger partial charge in [-0.2, -0.15) is 13.2 Å². The monoisotopic (exact) mass is 541 g/mol. The van der Waals surface area contributed by atoms with Crippen molar-refractivity contribution in [2.24, 2.45) is 0 Å². The molecular weight excluding hydrogens is 511 g/mol. The van der Waals surface area contributed by atoms with Crippen LogP contribution in [0.5, 0.6) is 0 Å². The lowest BCUT2D eigenvalue weighted by Gasteiger charge is -2.21. The van der Waals surface area contributed by atoms with E-state index in [0.717, 1.165) is 37.0 Å². The number of rotatable bonds is 11. The summed E-state index contributed by atoms with van der Waals surface area (Å²) in [4.78, 5) is 35.8. The highest BCUT2D eigenvalue weighted by Gasteiger charge is 2.30. The van der Waals surface area contributed by atoms with E-state index >= 15 is 0 Å². The highest BCUT2D eigenvalue weighted by molar-refractivity contribution is 5.94. The predicted molar refractivity (Wildman–Crippen MR) is 142 cm³/mol. The third kappa shape index (κ3) is 8.87. The zero-order valence-electron chi connectivity index (χ0n) is 21.3. The molecule has 206 valence electrons. The van der Waals surface area contributed by atoms with Crippen LogP contribution < -0.4 is 16.0 Å². The summed E-state index contributed by atoms with van der Waals surface area (Å²) in [7, 11) is 0. The molecule has 1 atom stereocenters. The number of hydrogen-bond acceptors (Lipinski definition) is 3. The number of carboxylic acid groups (broad SMARTS) is 1. The van der Waals surface area contributed by atoms with Crippen molar-refractivity contribution in [1.29, 1.82) is 0 Å². The first-order valence-corrected chi connectivity index (χ1v) is 12.5. The largest absolute Gasteiger partial charge is 0.481 e. The summed E-state index contributed by atoms with van der Waals surface area (Å²) in [6.45, 7) is 2.07. The molecule has 0 saturated carbocycles. The number of carboxylic acids is 1. The van der Waals surface area contributed by atoms with Crippen LogP contribution >= 0.6 is 0 Å². The minimum absolute atomic E-state index is 0.0363. The number of carbonyl (C=O) groups is 3. The molecule has 3 aromatic carbocycles.